The van der Waals surface area contributed by atoms with Crippen molar-refractivity contribution in [1.82, 2.24) is 5.01 Å². The Labute approximate surface area is 236 Å². The fourth-order valence-corrected chi connectivity index (χ4v) is 4.91. The van der Waals surface area contributed by atoms with Crippen molar-refractivity contribution in [1.29, 1.82) is 5.41 Å². The fraction of sp³-hybridized carbons (Fsp3) is 0.200. The lowest BCUT2D eigenvalue weighted by atomic mass is 10.1. The van der Waals surface area contributed by atoms with Gasteiger partial charge in [0.25, 0.3) is 5.91 Å². The predicted molar refractivity (Wildman–Crippen MR) is 157 cm³/mol. The zero-order valence-corrected chi connectivity index (χ0v) is 23.2. The number of amidine groups is 2. The van der Waals surface area contributed by atoms with Crippen LogP contribution in [0.15, 0.2) is 82.4 Å². The van der Waals surface area contributed by atoms with E-state index >= 15 is 0 Å². The molecule has 0 atom stereocenters. The number of ether oxygens (including phenoxy) is 4. The second-order valence-corrected chi connectivity index (χ2v) is 9.73. The van der Waals surface area contributed by atoms with E-state index in [1.54, 1.807) is 31.4 Å². The van der Waals surface area contributed by atoms with Gasteiger partial charge in [-0.1, -0.05) is 48.0 Å². The molecular weight excluding hydrogens is 528 g/mol. The molecule has 2 aliphatic rings. The molecule has 10 heteroatoms. The predicted octanol–water partition coefficient (Wildman–Crippen LogP) is 5.53. The molecule has 204 valence electrons. The minimum Gasteiger partial charge on any atom is -0.493 e. The van der Waals surface area contributed by atoms with Gasteiger partial charge < -0.3 is 18.9 Å². The fourth-order valence-electron chi connectivity index (χ4n) is 4.01. The molecule has 1 N–H and O–H groups in total. The van der Waals surface area contributed by atoms with Gasteiger partial charge in [0.15, 0.2) is 28.8 Å². The number of aryl methyl sites for hydroxylation is 1. The third-order valence-corrected chi connectivity index (χ3v) is 6.96. The highest BCUT2D eigenvalue weighted by atomic mass is 32.2. The van der Waals surface area contributed by atoms with E-state index in [2.05, 4.69) is 10.1 Å². The second-order valence-electron chi connectivity index (χ2n) is 8.78. The minimum atomic E-state index is -0.490. The molecule has 0 saturated carbocycles. The van der Waals surface area contributed by atoms with E-state index in [0.29, 0.717) is 52.0 Å². The van der Waals surface area contributed by atoms with E-state index in [9.17, 15) is 4.79 Å². The normalized spacial score (nSPS) is 15.5. The Kier molecular flexibility index (Phi) is 8.16. The third kappa shape index (κ3) is 5.86. The number of hydrogen-bond donors (Lipinski definition) is 1. The molecule has 9 nitrogen and oxygen atoms in total. The lowest BCUT2D eigenvalue weighted by Gasteiger charge is -2.20. The molecule has 0 spiro atoms. The van der Waals surface area contributed by atoms with Gasteiger partial charge in [0, 0.05) is 5.56 Å². The van der Waals surface area contributed by atoms with Gasteiger partial charge in [-0.25, -0.2) is 0 Å². The highest BCUT2D eigenvalue weighted by molar-refractivity contribution is 8.27. The number of carbonyl (C=O) groups is 1. The van der Waals surface area contributed by atoms with E-state index in [4.69, 9.17) is 24.4 Å². The van der Waals surface area contributed by atoms with E-state index in [0.717, 1.165) is 11.1 Å². The first-order valence-electron chi connectivity index (χ1n) is 12.7. The Balaban J connectivity index is 1.30. The lowest BCUT2D eigenvalue weighted by molar-refractivity contribution is -0.114. The number of carbonyl (C=O) groups excluding carboxylic acids is 1. The average Bonchev–Trinajstić information content (AvgIpc) is 3.39. The number of fused-ring (bicyclic) bond motifs is 1. The number of nitrogens with one attached hydrogen (secondary N) is 1. The van der Waals surface area contributed by atoms with Crippen LogP contribution in [-0.4, -0.2) is 53.9 Å². The molecule has 5 rings (SSSR count). The van der Waals surface area contributed by atoms with E-state index in [1.165, 1.54) is 16.8 Å². The van der Waals surface area contributed by atoms with Gasteiger partial charge in [0.05, 0.1) is 19.3 Å². The third-order valence-electron chi connectivity index (χ3n) is 6.00. The summed E-state index contributed by atoms with van der Waals surface area (Å²) in [5.74, 6) is 1.83. The zero-order valence-electron chi connectivity index (χ0n) is 22.3. The number of para-hydroxylation sites is 2. The number of hydrogen-bond acceptors (Lipinski definition) is 8. The van der Waals surface area contributed by atoms with Gasteiger partial charge in [-0.2, -0.15) is 15.1 Å². The first kappa shape index (κ1) is 27.0. The first-order valence-corrected chi connectivity index (χ1v) is 13.5. The summed E-state index contributed by atoms with van der Waals surface area (Å²) >= 11 is 1.27. The summed E-state index contributed by atoms with van der Waals surface area (Å²) in [4.78, 5) is 17.1. The van der Waals surface area contributed by atoms with Crippen molar-refractivity contribution < 1.29 is 23.7 Å². The number of amides is 1. The number of rotatable bonds is 10. The molecule has 3 aromatic rings. The number of hydrazone groups is 1. The van der Waals surface area contributed by atoms with Crippen LogP contribution in [0.25, 0.3) is 6.08 Å². The van der Waals surface area contributed by atoms with Crippen LogP contribution in [-0.2, 0) is 4.79 Å². The second kappa shape index (κ2) is 12.1. The van der Waals surface area contributed by atoms with Crippen LogP contribution in [0, 0.1) is 12.3 Å². The monoisotopic (exact) mass is 556 g/mol. The summed E-state index contributed by atoms with van der Waals surface area (Å²) < 4.78 is 22.8. The van der Waals surface area contributed by atoms with Crippen LogP contribution >= 0.6 is 11.8 Å². The first-order chi connectivity index (χ1) is 19.5. The van der Waals surface area contributed by atoms with Crippen LogP contribution in [0.5, 0.6) is 23.0 Å². The van der Waals surface area contributed by atoms with E-state index < -0.39 is 5.91 Å². The summed E-state index contributed by atoms with van der Waals surface area (Å²) in [7, 11) is 1.59. The number of nitrogens with zero attached hydrogens (tertiary/aromatic N) is 3. The van der Waals surface area contributed by atoms with Crippen molar-refractivity contribution in [3.8, 4) is 23.0 Å². The molecule has 2 aliphatic heterocycles. The van der Waals surface area contributed by atoms with Crippen molar-refractivity contribution in [3.05, 3.63) is 89.0 Å². The van der Waals surface area contributed by atoms with Crippen LogP contribution in [0.1, 0.15) is 23.6 Å². The zero-order chi connectivity index (χ0) is 28.1. The van der Waals surface area contributed by atoms with Gasteiger partial charge in [-0.3, -0.25) is 10.2 Å². The average molecular weight is 557 g/mol. The van der Waals surface area contributed by atoms with Gasteiger partial charge in [-0.15, -0.1) is 0 Å². The number of thioether (sulfide) groups is 1. The van der Waals surface area contributed by atoms with Crippen LogP contribution in [0.4, 0.5) is 0 Å². The maximum atomic E-state index is 12.9. The largest absolute Gasteiger partial charge is 0.493 e. The minimum absolute atomic E-state index is 0.0311. The molecule has 1 amide bonds. The molecule has 0 aliphatic carbocycles. The molecule has 0 fully saturated rings. The van der Waals surface area contributed by atoms with Gasteiger partial charge in [-0.05, 0) is 61.5 Å². The summed E-state index contributed by atoms with van der Waals surface area (Å²) in [6.07, 6.45) is 1.62. The van der Waals surface area contributed by atoms with E-state index in [-0.39, 0.29) is 18.0 Å². The molecular formula is C30H28N4O5S. The summed E-state index contributed by atoms with van der Waals surface area (Å²) in [5, 5.41) is 15.7. The number of methoxy groups -OCH3 is 1. The maximum absolute atomic E-state index is 12.9. The summed E-state index contributed by atoms with van der Waals surface area (Å²) in [5.41, 5.74) is 2.85. The topological polar surface area (TPSA) is 106 Å². The van der Waals surface area contributed by atoms with Gasteiger partial charge >= 0.3 is 0 Å². The lowest BCUT2D eigenvalue weighted by Crippen LogP contribution is -2.35. The summed E-state index contributed by atoms with van der Waals surface area (Å²) in [6, 6.07) is 20.7. The standard InChI is InChI=1S/C30H28N4O5S/c1-4-37-26-18-20(11-14-25(26)39-16-15-38-24-8-6-5-7-23(24)36-3)17-22-27(31)34-30(32-28(22)35)40-29(33-34)21-12-9-19(2)10-13-21/h5-14,17-18,31H,4,15-16H2,1-3H3/b22-17-,31-27?. The molecule has 0 saturated heterocycles. The number of aliphatic imine (C=N–C) groups is 1. The quantitative estimate of drug-likeness (QED) is 0.259. The van der Waals surface area contributed by atoms with Crippen molar-refractivity contribution >= 4 is 39.8 Å². The van der Waals surface area contributed by atoms with E-state index in [1.807, 2.05) is 62.4 Å². The molecule has 0 bridgehead atoms. The van der Waals surface area contributed by atoms with Gasteiger partial charge in [0.1, 0.15) is 18.3 Å². The highest BCUT2D eigenvalue weighted by Crippen LogP contribution is 2.33. The van der Waals surface area contributed by atoms with Gasteiger partial charge in [0.2, 0.25) is 5.17 Å². The van der Waals surface area contributed by atoms with Crippen LogP contribution < -0.4 is 18.9 Å². The Morgan fingerprint density at radius 3 is 2.33 bits per heavy atom. The molecule has 2 heterocycles. The Bertz CT molecular complexity index is 1530. The maximum Gasteiger partial charge on any atom is 0.283 e. The molecule has 0 radical (unpaired) electrons. The molecule has 0 aromatic heterocycles. The molecule has 3 aromatic carbocycles. The van der Waals surface area contributed by atoms with Crippen LogP contribution in [0.3, 0.4) is 0 Å². The molecule has 40 heavy (non-hydrogen) atoms. The van der Waals surface area contributed by atoms with Crippen molar-refractivity contribution in [2.24, 2.45) is 10.1 Å². The SMILES string of the molecule is CCOc1cc(/C=C2/C(=N)N3N=C(c4ccc(C)cc4)SC3=NC2=O)ccc1OCCOc1ccccc1OC. The molecule has 0 unspecified atom stereocenters. The van der Waals surface area contributed by atoms with Crippen LogP contribution in [0.2, 0.25) is 0 Å². The Morgan fingerprint density at radius 2 is 1.62 bits per heavy atom. The Hall–Kier alpha value is -4.57. The smallest absolute Gasteiger partial charge is 0.283 e. The van der Waals surface area contributed by atoms with Crippen molar-refractivity contribution in [3.63, 3.8) is 0 Å². The van der Waals surface area contributed by atoms with Crippen molar-refractivity contribution in [2.75, 3.05) is 26.9 Å². The number of benzene rings is 3. The van der Waals surface area contributed by atoms with Crippen molar-refractivity contribution in [2.45, 2.75) is 13.8 Å². The summed E-state index contributed by atoms with van der Waals surface area (Å²) in [6.45, 7) is 4.92. The Morgan fingerprint density at radius 1 is 0.925 bits per heavy atom. The highest BCUT2D eigenvalue weighted by Gasteiger charge is 2.36.